The number of carbonyl (C=O) groups excluding carboxylic acids is 1. The molecule has 0 bridgehead atoms. The molecule has 0 aliphatic heterocycles. The van der Waals surface area contributed by atoms with Crippen LogP contribution >= 0.6 is 0 Å². The van der Waals surface area contributed by atoms with Gasteiger partial charge in [-0.25, -0.2) is 4.79 Å². The summed E-state index contributed by atoms with van der Waals surface area (Å²) in [6.45, 7) is 0.647. The van der Waals surface area contributed by atoms with Crippen LogP contribution in [0, 0.1) is 0 Å². The first-order chi connectivity index (χ1) is 8.22. The lowest BCUT2D eigenvalue weighted by Crippen LogP contribution is -2.28. The number of carbonyl (C=O) groups is 1. The normalized spacial score (nSPS) is 10.5. The van der Waals surface area contributed by atoms with Crippen LogP contribution in [0.3, 0.4) is 0 Å². The van der Waals surface area contributed by atoms with E-state index in [0.29, 0.717) is 6.54 Å². The highest BCUT2D eigenvalue weighted by Gasteiger charge is 2.09. The minimum atomic E-state index is -0.301. The molecule has 17 heavy (non-hydrogen) atoms. The third-order valence-electron chi connectivity index (χ3n) is 2.88. The van der Waals surface area contributed by atoms with Crippen LogP contribution in [0.15, 0.2) is 30.5 Å². The summed E-state index contributed by atoms with van der Waals surface area (Å²) in [6, 6.07) is 8.15. The molecule has 0 fully saturated rings. The molecule has 1 amide bonds. The van der Waals surface area contributed by atoms with E-state index in [0.717, 1.165) is 11.9 Å². The zero-order chi connectivity index (χ0) is 12.3. The van der Waals surface area contributed by atoms with Gasteiger partial charge < -0.3 is 14.6 Å². The van der Waals surface area contributed by atoms with Gasteiger partial charge in [0.1, 0.15) is 0 Å². The molecule has 0 saturated carbocycles. The highest BCUT2D eigenvalue weighted by Crippen LogP contribution is 2.18. The second-order valence-electron chi connectivity index (χ2n) is 4.00. The van der Waals surface area contributed by atoms with E-state index in [4.69, 9.17) is 0 Å². The maximum atomic E-state index is 11.2. The molecule has 0 aliphatic carbocycles. The Labute approximate surface area is 100 Å². The molecule has 0 saturated heterocycles. The van der Waals surface area contributed by atoms with Crippen molar-refractivity contribution in [2.24, 2.45) is 0 Å². The molecule has 2 rings (SSSR count). The first kappa shape index (κ1) is 11.5. The number of benzene rings is 1. The zero-order valence-corrected chi connectivity index (χ0v) is 10.1. The van der Waals surface area contributed by atoms with Gasteiger partial charge in [0.05, 0.1) is 7.11 Å². The van der Waals surface area contributed by atoms with Crippen molar-refractivity contribution in [2.45, 2.75) is 6.42 Å². The molecule has 1 aromatic carbocycles. The van der Waals surface area contributed by atoms with Crippen molar-refractivity contribution < 1.29 is 9.53 Å². The number of hydrogen-bond donors (Lipinski definition) is 1. The van der Waals surface area contributed by atoms with E-state index in [1.807, 2.05) is 24.4 Å². The van der Waals surface area contributed by atoms with Crippen molar-refractivity contribution in [3.8, 4) is 0 Å². The maximum absolute atomic E-state index is 11.2. The largest absolute Gasteiger partial charge is 0.453 e. The van der Waals surface area contributed by atoms with Crippen molar-refractivity contribution in [3.63, 3.8) is 0 Å². The SMILES string of the molecule is COC(=O)N(C)CCc1c[nH]c2ccccc12. The summed E-state index contributed by atoms with van der Waals surface area (Å²) in [5.74, 6) is 0. The van der Waals surface area contributed by atoms with E-state index < -0.39 is 0 Å². The average molecular weight is 232 g/mol. The molecule has 90 valence electrons. The van der Waals surface area contributed by atoms with Crippen LogP contribution in [0.5, 0.6) is 0 Å². The molecule has 4 heteroatoms. The summed E-state index contributed by atoms with van der Waals surface area (Å²) in [5, 5.41) is 1.21. The van der Waals surface area contributed by atoms with Gasteiger partial charge in [0.15, 0.2) is 0 Å². The van der Waals surface area contributed by atoms with E-state index in [9.17, 15) is 4.79 Å². The van der Waals surface area contributed by atoms with E-state index in [1.165, 1.54) is 18.1 Å². The first-order valence-corrected chi connectivity index (χ1v) is 5.56. The van der Waals surface area contributed by atoms with Crippen molar-refractivity contribution in [1.29, 1.82) is 0 Å². The van der Waals surface area contributed by atoms with E-state index in [-0.39, 0.29) is 6.09 Å². The molecule has 2 aromatic rings. The maximum Gasteiger partial charge on any atom is 0.409 e. The number of para-hydroxylation sites is 1. The molecule has 0 aliphatic rings. The molecule has 0 radical (unpaired) electrons. The number of nitrogens with zero attached hydrogens (tertiary/aromatic N) is 1. The van der Waals surface area contributed by atoms with Gasteiger partial charge in [-0.15, -0.1) is 0 Å². The third kappa shape index (κ3) is 2.41. The Balaban J connectivity index is 2.07. The lowest BCUT2D eigenvalue weighted by atomic mass is 10.1. The van der Waals surface area contributed by atoms with Gasteiger partial charge in [0.25, 0.3) is 0 Å². The summed E-state index contributed by atoms with van der Waals surface area (Å²) >= 11 is 0. The lowest BCUT2D eigenvalue weighted by molar-refractivity contribution is 0.134. The van der Waals surface area contributed by atoms with Crippen LogP contribution in [-0.2, 0) is 11.2 Å². The zero-order valence-electron chi connectivity index (χ0n) is 10.1. The minimum Gasteiger partial charge on any atom is -0.453 e. The Hall–Kier alpha value is -1.97. The third-order valence-corrected chi connectivity index (χ3v) is 2.88. The number of rotatable bonds is 3. The van der Waals surface area contributed by atoms with E-state index >= 15 is 0 Å². The summed E-state index contributed by atoms with van der Waals surface area (Å²) in [5.41, 5.74) is 2.35. The predicted octanol–water partition coefficient (Wildman–Crippen LogP) is 2.41. The first-order valence-electron chi connectivity index (χ1n) is 5.56. The second kappa shape index (κ2) is 4.91. The van der Waals surface area contributed by atoms with Gasteiger partial charge in [-0.2, -0.15) is 0 Å². The van der Waals surface area contributed by atoms with Gasteiger partial charge in [-0.05, 0) is 18.1 Å². The van der Waals surface area contributed by atoms with Gasteiger partial charge in [0, 0.05) is 30.7 Å². The standard InChI is InChI=1S/C13H16N2O2/c1-15(13(16)17-2)8-7-10-9-14-12-6-4-3-5-11(10)12/h3-6,9,14H,7-8H2,1-2H3. The highest BCUT2D eigenvalue weighted by molar-refractivity contribution is 5.83. The number of nitrogens with one attached hydrogen (secondary N) is 1. The molecule has 0 spiro atoms. The summed E-state index contributed by atoms with van der Waals surface area (Å²) in [7, 11) is 3.13. The number of likely N-dealkylation sites (N-methyl/N-ethyl adjacent to an activating group) is 1. The number of H-pyrrole nitrogens is 1. The fourth-order valence-electron chi connectivity index (χ4n) is 1.87. The Morgan fingerprint density at radius 1 is 1.41 bits per heavy atom. The fraction of sp³-hybridized carbons (Fsp3) is 0.308. The number of aromatic nitrogens is 1. The van der Waals surface area contributed by atoms with Gasteiger partial charge >= 0.3 is 6.09 Å². The molecule has 4 nitrogen and oxygen atoms in total. The molecule has 1 heterocycles. The van der Waals surface area contributed by atoms with Gasteiger partial charge in [0.2, 0.25) is 0 Å². The Bertz CT molecular complexity index is 519. The summed E-state index contributed by atoms with van der Waals surface area (Å²) in [4.78, 5) is 16.0. The van der Waals surface area contributed by atoms with Crippen molar-refractivity contribution >= 4 is 17.0 Å². The second-order valence-corrected chi connectivity index (χ2v) is 4.00. The quantitative estimate of drug-likeness (QED) is 0.883. The topological polar surface area (TPSA) is 45.3 Å². The minimum absolute atomic E-state index is 0.301. The van der Waals surface area contributed by atoms with E-state index in [1.54, 1.807) is 11.9 Å². The molecule has 1 N–H and O–H groups in total. The molecular weight excluding hydrogens is 216 g/mol. The van der Waals surface area contributed by atoms with E-state index in [2.05, 4.69) is 15.8 Å². The lowest BCUT2D eigenvalue weighted by Gasteiger charge is -2.14. The van der Waals surface area contributed by atoms with Gasteiger partial charge in [-0.1, -0.05) is 18.2 Å². The number of hydrogen-bond acceptors (Lipinski definition) is 2. The van der Waals surface area contributed by atoms with Crippen LogP contribution in [0.2, 0.25) is 0 Å². The van der Waals surface area contributed by atoms with Crippen molar-refractivity contribution in [1.82, 2.24) is 9.88 Å². The van der Waals surface area contributed by atoms with Crippen LogP contribution < -0.4 is 0 Å². The van der Waals surface area contributed by atoms with Gasteiger partial charge in [-0.3, -0.25) is 0 Å². The molecule has 1 aromatic heterocycles. The molecular formula is C13H16N2O2. The van der Waals surface area contributed by atoms with Crippen molar-refractivity contribution in [3.05, 3.63) is 36.0 Å². The average Bonchev–Trinajstić information content (AvgIpc) is 2.78. The number of aromatic amines is 1. The Morgan fingerprint density at radius 2 is 2.18 bits per heavy atom. The van der Waals surface area contributed by atoms with Crippen LogP contribution in [0.4, 0.5) is 4.79 Å². The van der Waals surface area contributed by atoms with Crippen LogP contribution in [0.1, 0.15) is 5.56 Å². The Morgan fingerprint density at radius 3 is 2.94 bits per heavy atom. The molecule has 0 atom stereocenters. The smallest absolute Gasteiger partial charge is 0.409 e. The number of amides is 1. The highest BCUT2D eigenvalue weighted by atomic mass is 16.5. The predicted molar refractivity (Wildman–Crippen MR) is 67.0 cm³/mol. The summed E-state index contributed by atoms with van der Waals surface area (Å²) < 4.78 is 4.65. The number of fused-ring (bicyclic) bond motifs is 1. The molecule has 0 unspecified atom stereocenters. The van der Waals surface area contributed by atoms with Crippen molar-refractivity contribution in [2.75, 3.05) is 20.7 Å². The monoisotopic (exact) mass is 232 g/mol. The Kier molecular flexibility index (Phi) is 3.32. The fourth-order valence-corrected chi connectivity index (χ4v) is 1.87. The number of methoxy groups -OCH3 is 1. The van der Waals surface area contributed by atoms with Crippen LogP contribution in [-0.4, -0.2) is 36.7 Å². The number of ether oxygens (including phenoxy) is 1. The summed E-state index contributed by atoms with van der Waals surface area (Å²) in [6.07, 6.45) is 2.51. The van der Waals surface area contributed by atoms with Crippen LogP contribution in [0.25, 0.3) is 10.9 Å².